The Bertz CT molecular complexity index is 831. The molecule has 0 aromatic heterocycles. The van der Waals surface area contributed by atoms with Crippen LogP contribution in [0.15, 0.2) is 36.4 Å². The SMILES string of the molecule is COc1cc2c(cc1OC)C(CN1CCN(c3ccccc3C)CC1)OCCC2. The molecule has 29 heavy (non-hydrogen) atoms. The lowest BCUT2D eigenvalue weighted by molar-refractivity contribution is 0.0268. The number of methoxy groups -OCH3 is 2. The van der Waals surface area contributed by atoms with Crippen molar-refractivity contribution >= 4 is 5.69 Å². The van der Waals surface area contributed by atoms with Gasteiger partial charge in [0.1, 0.15) is 0 Å². The molecule has 2 aliphatic rings. The summed E-state index contributed by atoms with van der Waals surface area (Å²) in [5.74, 6) is 1.59. The first-order valence-electron chi connectivity index (χ1n) is 10.6. The molecule has 0 spiro atoms. The summed E-state index contributed by atoms with van der Waals surface area (Å²) in [6.45, 7) is 8.12. The van der Waals surface area contributed by atoms with Crippen LogP contribution in [0.3, 0.4) is 0 Å². The number of anilines is 1. The van der Waals surface area contributed by atoms with Gasteiger partial charge in [-0.3, -0.25) is 4.90 Å². The Labute approximate surface area is 174 Å². The van der Waals surface area contributed by atoms with Crippen LogP contribution in [0, 0.1) is 6.92 Å². The number of benzene rings is 2. The molecule has 0 aliphatic carbocycles. The highest BCUT2D eigenvalue weighted by atomic mass is 16.5. The number of ether oxygens (including phenoxy) is 3. The fourth-order valence-electron chi connectivity index (χ4n) is 4.51. The van der Waals surface area contributed by atoms with Gasteiger partial charge in [-0.1, -0.05) is 18.2 Å². The molecule has 1 saturated heterocycles. The third kappa shape index (κ3) is 4.36. The lowest BCUT2D eigenvalue weighted by Crippen LogP contribution is -2.48. The van der Waals surface area contributed by atoms with Crippen LogP contribution in [0.1, 0.15) is 29.2 Å². The third-order valence-corrected chi connectivity index (χ3v) is 6.15. The Kier molecular flexibility index (Phi) is 6.26. The third-order valence-electron chi connectivity index (χ3n) is 6.15. The molecule has 2 aromatic rings. The van der Waals surface area contributed by atoms with Crippen molar-refractivity contribution in [2.75, 3.05) is 58.5 Å². The standard InChI is InChI=1S/C24H32N2O3/c1-18-7-4-5-9-21(18)26-12-10-25(11-13-26)17-24-20-16-23(28-3)22(27-2)15-19(20)8-6-14-29-24/h4-5,7,9,15-16,24H,6,8,10-14,17H2,1-3H3. The second-order valence-electron chi connectivity index (χ2n) is 7.94. The predicted octanol–water partition coefficient (Wildman–Crippen LogP) is 3.84. The minimum atomic E-state index is 0.0808. The summed E-state index contributed by atoms with van der Waals surface area (Å²) in [7, 11) is 3.39. The van der Waals surface area contributed by atoms with Gasteiger partial charge in [-0.25, -0.2) is 0 Å². The maximum Gasteiger partial charge on any atom is 0.161 e. The molecule has 2 aliphatic heterocycles. The predicted molar refractivity (Wildman–Crippen MR) is 116 cm³/mol. The van der Waals surface area contributed by atoms with Gasteiger partial charge in [-0.2, -0.15) is 0 Å². The number of hydrogen-bond donors (Lipinski definition) is 0. The number of fused-ring (bicyclic) bond motifs is 1. The van der Waals surface area contributed by atoms with E-state index in [9.17, 15) is 0 Å². The summed E-state index contributed by atoms with van der Waals surface area (Å²) in [5.41, 5.74) is 5.29. The van der Waals surface area contributed by atoms with E-state index >= 15 is 0 Å². The van der Waals surface area contributed by atoms with Crippen LogP contribution in [0.4, 0.5) is 5.69 Å². The monoisotopic (exact) mass is 396 g/mol. The highest BCUT2D eigenvalue weighted by Gasteiger charge is 2.26. The largest absolute Gasteiger partial charge is 0.493 e. The van der Waals surface area contributed by atoms with Gasteiger partial charge in [0.2, 0.25) is 0 Å². The molecule has 5 nitrogen and oxygen atoms in total. The molecular formula is C24H32N2O3. The molecule has 2 heterocycles. The number of rotatable bonds is 5. The molecule has 1 atom stereocenters. The Hall–Kier alpha value is -2.24. The molecule has 2 aromatic carbocycles. The minimum Gasteiger partial charge on any atom is -0.493 e. The van der Waals surface area contributed by atoms with Crippen molar-refractivity contribution in [3.05, 3.63) is 53.1 Å². The van der Waals surface area contributed by atoms with Gasteiger partial charge in [0, 0.05) is 45.0 Å². The van der Waals surface area contributed by atoms with E-state index in [1.54, 1.807) is 14.2 Å². The summed E-state index contributed by atoms with van der Waals surface area (Å²) in [4.78, 5) is 5.03. The van der Waals surface area contributed by atoms with E-state index in [0.717, 1.165) is 63.7 Å². The van der Waals surface area contributed by atoms with E-state index in [-0.39, 0.29) is 6.10 Å². The first kappa shape index (κ1) is 20.0. The van der Waals surface area contributed by atoms with E-state index in [0.29, 0.717) is 0 Å². The van der Waals surface area contributed by atoms with Gasteiger partial charge in [-0.15, -0.1) is 0 Å². The van der Waals surface area contributed by atoms with E-state index in [1.165, 1.54) is 22.4 Å². The first-order chi connectivity index (χ1) is 14.2. The molecule has 0 radical (unpaired) electrons. The van der Waals surface area contributed by atoms with Crippen LogP contribution < -0.4 is 14.4 Å². The second-order valence-corrected chi connectivity index (χ2v) is 7.94. The van der Waals surface area contributed by atoms with Crippen LogP contribution in [0.25, 0.3) is 0 Å². The fourth-order valence-corrected chi connectivity index (χ4v) is 4.51. The Balaban J connectivity index is 1.46. The second kappa shape index (κ2) is 9.06. The number of nitrogens with zero attached hydrogens (tertiary/aromatic N) is 2. The van der Waals surface area contributed by atoms with Crippen molar-refractivity contribution in [2.45, 2.75) is 25.9 Å². The van der Waals surface area contributed by atoms with Crippen LogP contribution in [-0.2, 0) is 11.2 Å². The average molecular weight is 397 g/mol. The average Bonchev–Trinajstić information content (AvgIpc) is 2.95. The molecule has 0 bridgehead atoms. The summed E-state index contributed by atoms with van der Waals surface area (Å²) >= 11 is 0. The van der Waals surface area contributed by atoms with Gasteiger partial charge in [0.15, 0.2) is 11.5 Å². The Morgan fingerprint density at radius 2 is 1.72 bits per heavy atom. The van der Waals surface area contributed by atoms with E-state index in [1.807, 2.05) is 0 Å². The highest BCUT2D eigenvalue weighted by Crippen LogP contribution is 2.37. The molecule has 0 N–H and O–H groups in total. The minimum absolute atomic E-state index is 0.0808. The zero-order valence-corrected chi connectivity index (χ0v) is 17.8. The van der Waals surface area contributed by atoms with Crippen molar-refractivity contribution in [3.63, 3.8) is 0 Å². The van der Waals surface area contributed by atoms with E-state index < -0.39 is 0 Å². The van der Waals surface area contributed by atoms with E-state index in [2.05, 4.69) is 53.1 Å². The fraction of sp³-hybridized carbons (Fsp3) is 0.500. The van der Waals surface area contributed by atoms with Gasteiger partial charge in [0.25, 0.3) is 0 Å². The van der Waals surface area contributed by atoms with Crippen molar-refractivity contribution < 1.29 is 14.2 Å². The maximum absolute atomic E-state index is 6.28. The zero-order valence-electron chi connectivity index (χ0n) is 17.8. The van der Waals surface area contributed by atoms with Crippen LogP contribution >= 0.6 is 0 Å². The summed E-state index contributed by atoms with van der Waals surface area (Å²) in [6.07, 6.45) is 2.14. The number of para-hydroxylation sites is 1. The Morgan fingerprint density at radius 1 is 1.00 bits per heavy atom. The van der Waals surface area contributed by atoms with Gasteiger partial charge >= 0.3 is 0 Å². The van der Waals surface area contributed by atoms with Gasteiger partial charge in [0.05, 0.1) is 20.3 Å². The van der Waals surface area contributed by atoms with Crippen molar-refractivity contribution in [1.82, 2.24) is 4.90 Å². The van der Waals surface area contributed by atoms with Crippen LogP contribution in [-0.4, -0.2) is 58.5 Å². The zero-order chi connectivity index (χ0) is 20.2. The quantitative estimate of drug-likeness (QED) is 0.767. The molecule has 1 unspecified atom stereocenters. The van der Waals surface area contributed by atoms with Crippen LogP contribution in [0.5, 0.6) is 11.5 Å². The maximum atomic E-state index is 6.28. The summed E-state index contributed by atoms with van der Waals surface area (Å²) < 4.78 is 17.3. The molecular weight excluding hydrogens is 364 g/mol. The number of hydrogen-bond acceptors (Lipinski definition) is 5. The lowest BCUT2D eigenvalue weighted by Gasteiger charge is -2.38. The molecule has 0 saturated carbocycles. The van der Waals surface area contributed by atoms with Crippen molar-refractivity contribution in [3.8, 4) is 11.5 Å². The molecule has 156 valence electrons. The molecule has 1 fully saturated rings. The Morgan fingerprint density at radius 3 is 2.45 bits per heavy atom. The van der Waals surface area contributed by atoms with E-state index in [4.69, 9.17) is 14.2 Å². The van der Waals surface area contributed by atoms with Gasteiger partial charge < -0.3 is 19.1 Å². The first-order valence-corrected chi connectivity index (χ1v) is 10.6. The molecule has 4 rings (SSSR count). The lowest BCUT2D eigenvalue weighted by atomic mass is 9.98. The number of aryl methyl sites for hydroxylation is 2. The number of piperazine rings is 1. The normalized spacial score (nSPS) is 20.1. The summed E-state index contributed by atoms with van der Waals surface area (Å²) in [5, 5.41) is 0. The smallest absolute Gasteiger partial charge is 0.161 e. The molecule has 5 heteroatoms. The highest BCUT2D eigenvalue weighted by molar-refractivity contribution is 5.53. The van der Waals surface area contributed by atoms with Crippen molar-refractivity contribution in [1.29, 1.82) is 0 Å². The topological polar surface area (TPSA) is 34.2 Å². The summed E-state index contributed by atoms with van der Waals surface area (Å²) in [6, 6.07) is 12.9. The molecule has 0 amide bonds. The van der Waals surface area contributed by atoms with Gasteiger partial charge in [-0.05, 0) is 54.7 Å². The van der Waals surface area contributed by atoms with Crippen molar-refractivity contribution in [2.24, 2.45) is 0 Å². The van der Waals surface area contributed by atoms with Crippen LogP contribution in [0.2, 0.25) is 0 Å².